The van der Waals surface area contributed by atoms with E-state index >= 15 is 0 Å². The molecule has 166 valence electrons. The molecule has 5 rings (SSSR count). The van der Waals surface area contributed by atoms with Gasteiger partial charge in [0.1, 0.15) is 6.10 Å². The smallest absolute Gasteiger partial charge is 0.281 e. The van der Waals surface area contributed by atoms with E-state index in [1.165, 1.54) is 6.20 Å². The lowest BCUT2D eigenvalue weighted by Gasteiger charge is -2.32. The molecule has 2 aliphatic heterocycles. The largest absolute Gasteiger partial charge is 0.473 e. The highest BCUT2D eigenvalue weighted by Gasteiger charge is 2.26. The fourth-order valence-corrected chi connectivity index (χ4v) is 5.37. The van der Waals surface area contributed by atoms with Gasteiger partial charge in [-0.2, -0.15) is 13.4 Å². The summed E-state index contributed by atoms with van der Waals surface area (Å²) in [5.74, 6) is 0.334. The molecule has 2 atom stereocenters. The van der Waals surface area contributed by atoms with Crippen LogP contribution in [0.4, 0.5) is 5.95 Å². The van der Waals surface area contributed by atoms with Gasteiger partial charge in [0.05, 0.1) is 5.69 Å². The molecule has 3 aromatic rings. The first-order valence-corrected chi connectivity index (χ1v) is 12.2. The SMILES string of the molecule is Cc1cccc(C)c1-c1cc2nc(n1)NS(=O)(=O)c1cc(ccn1)CN1CCCC(C1)O2. The second-order valence-corrected chi connectivity index (χ2v) is 10.0. The van der Waals surface area contributed by atoms with E-state index < -0.39 is 10.0 Å². The molecule has 0 aliphatic carbocycles. The quantitative estimate of drug-likeness (QED) is 0.606. The number of nitrogens with one attached hydrogen (secondary N) is 1. The Morgan fingerprint density at radius 1 is 1.12 bits per heavy atom. The normalized spacial score (nSPS) is 21.8. The number of hydrogen-bond acceptors (Lipinski definition) is 7. The Hall–Kier alpha value is -3.04. The zero-order valence-corrected chi connectivity index (χ0v) is 18.9. The Labute approximate surface area is 187 Å². The maximum atomic E-state index is 13.1. The summed E-state index contributed by atoms with van der Waals surface area (Å²) < 4.78 is 34.9. The molecule has 9 heteroatoms. The molecule has 0 saturated carbocycles. The van der Waals surface area contributed by atoms with Crippen LogP contribution < -0.4 is 9.46 Å². The summed E-state index contributed by atoms with van der Waals surface area (Å²) >= 11 is 0. The van der Waals surface area contributed by atoms with E-state index in [1.807, 2.05) is 38.1 Å². The van der Waals surface area contributed by atoms with Gasteiger partial charge in [-0.1, -0.05) is 18.2 Å². The Kier molecular flexibility index (Phi) is 5.30. The van der Waals surface area contributed by atoms with Crippen molar-refractivity contribution in [1.29, 1.82) is 0 Å². The van der Waals surface area contributed by atoms with Crippen molar-refractivity contribution in [2.24, 2.45) is 0 Å². The average Bonchev–Trinajstić information content (AvgIpc) is 2.73. The van der Waals surface area contributed by atoms with Gasteiger partial charge < -0.3 is 4.74 Å². The van der Waals surface area contributed by atoms with Gasteiger partial charge >= 0.3 is 0 Å². The fourth-order valence-electron chi connectivity index (χ4n) is 4.43. The lowest BCUT2D eigenvalue weighted by molar-refractivity contribution is 0.0809. The zero-order chi connectivity index (χ0) is 22.3. The maximum Gasteiger partial charge on any atom is 0.281 e. The standard InChI is InChI=1S/C23H25N5O3S/c1-15-5-3-6-16(2)22(15)19-12-20-26-23(25-19)27-32(29,30)21-11-17(8-9-24-21)13-28-10-4-7-18(14-28)31-20/h3,5-6,8-9,11-12,18H,4,7,10,13-14H2,1-2H3,(H,25,26,27). The van der Waals surface area contributed by atoms with E-state index in [2.05, 4.69) is 24.6 Å². The Morgan fingerprint density at radius 3 is 2.75 bits per heavy atom. The van der Waals surface area contributed by atoms with E-state index in [0.717, 1.165) is 48.2 Å². The van der Waals surface area contributed by atoms with Crippen molar-refractivity contribution in [3.63, 3.8) is 0 Å². The summed E-state index contributed by atoms with van der Waals surface area (Å²) in [7, 11) is -3.96. The molecule has 1 N–H and O–H groups in total. The van der Waals surface area contributed by atoms with Gasteiger partial charge in [0.15, 0.2) is 5.03 Å². The van der Waals surface area contributed by atoms with Crippen LogP contribution in [-0.2, 0) is 16.6 Å². The minimum atomic E-state index is -3.96. The number of piperidine rings is 1. The molecular weight excluding hydrogens is 426 g/mol. The highest BCUT2D eigenvalue weighted by atomic mass is 32.2. The van der Waals surface area contributed by atoms with Crippen LogP contribution in [0.5, 0.6) is 5.88 Å². The molecular formula is C23H25N5O3S. The van der Waals surface area contributed by atoms with Gasteiger partial charge in [-0.05, 0) is 62.1 Å². The van der Waals surface area contributed by atoms with Crippen LogP contribution in [-0.4, -0.2) is 47.5 Å². The zero-order valence-electron chi connectivity index (χ0n) is 18.1. The number of benzene rings is 1. The number of aromatic nitrogens is 3. The lowest BCUT2D eigenvalue weighted by Crippen LogP contribution is -2.40. The van der Waals surface area contributed by atoms with Crippen LogP contribution in [0, 0.1) is 13.8 Å². The molecule has 0 spiro atoms. The number of fused-ring (bicyclic) bond motifs is 6. The molecule has 0 amide bonds. The Balaban J connectivity index is 1.66. The predicted molar refractivity (Wildman–Crippen MR) is 121 cm³/mol. The molecule has 6 bridgehead atoms. The van der Waals surface area contributed by atoms with Gasteiger partial charge in [-0.25, -0.2) is 14.7 Å². The van der Waals surface area contributed by atoms with Gasteiger partial charge in [0.2, 0.25) is 11.8 Å². The highest BCUT2D eigenvalue weighted by molar-refractivity contribution is 7.92. The first kappa shape index (κ1) is 20.8. The third-order valence-electron chi connectivity index (χ3n) is 5.90. The molecule has 2 aliphatic rings. The van der Waals surface area contributed by atoms with Crippen LogP contribution in [0.15, 0.2) is 47.6 Å². The molecule has 2 aromatic heterocycles. The van der Waals surface area contributed by atoms with Crippen molar-refractivity contribution in [1.82, 2.24) is 19.9 Å². The Bertz CT molecular complexity index is 1260. The van der Waals surface area contributed by atoms with Crippen LogP contribution in [0.1, 0.15) is 29.5 Å². The van der Waals surface area contributed by atoms with Gasteiger partial charge in [-0.15, -0.1) is 0 Å². The molecule has 1 saturated heterocycles. The highest BCUT2D eigenvalue weighted by Crippen LogP contribution is 2.30. The summed E-state index contributed by atoms with van der Waals surface area (Å²) in [4.78, 5) is 15.3. The molecule has 0 radical (unpaired) electrons. The first-order valence-electron chi connectivity index (χ1n) is 10.7. The number of hydrogen-bond donors (Lipinski definition) is 1. The number of nitrogens with zero attached hydrogens (tertiary/aromatic N) is 4. The van der Waals surface area contributed by atoms with Gasteiger partial charge in [-0.3, -0.25) is 4.90 Å². The third-order valence-corrected chi connectivity index (χ3v) is 7.12. The van der Waals surface area contributed by atoms with Crippen LogP contribution in [0.2, 0.25) is 0 Å². The van der Waals surface area contributed by atoms with Crippen molar-refractivity contribution in [3.8, 4) is 17.1 Å². The van der Waals surface area contributed by atoms with E-state index in [-0.39, 0.29) is 17.1 Å². The number of aryl methyl sites for hydroxylation is 2. The number of pyridine rings is 1. The maximum absolute atomic E-state index is 13.1. The van der Waals surface area contributed by atoms with Crippen molar-refractivity contribution in [2.75, 3.05) is 17.8 Å². The van der Waals surface area contributed by atoms with E-state index in [9.17, 15) is 8.42 Å². The van der Waals surface area contributed by atoms with E-state index in [4.69, 9.17) is 4.74 Å². The minimum Gasteiger partial charge on any atom is -0.473 e. The van der Waals surface area contributed by atoms with E-state index in [0.29, 0.717) is 18.1 Å². The monoisotopic (exact) mass is 451 g/mol. The number of sulfonamides is 1. The summed E-state index contributed by atoms with van der Waals surface area (Å²) in [6.07, 6.45) is 3.42. The fraction of sp³-hybridized carbons (Fsp3) is 0.348. The number of anilines is 1. The van der Waals surface area contributed by atoms with E-state index in [1.54, 1.807) is 12.1 Å². The average molecular weight is 452 g/mol. The van der Waals surface area contributed by atoms with Gasteiger partial charge in [0, 0.05) is 30.9 Å². The van der Waals surface area contributed by atoms with Crippen molar-refractivity contribution in [2.45, 2.75) is 44.4 Å². The number of rotatable bonds is 1. The summed E-state index contributed by atoms with van der Waals surface area (Å²) in [6.45, 7) is 6.33. The summed E-state index contributed by atoms with van der Waals surface area (Å²) in [6, 6.07) is 11.3. The molecule has 1 fully saturated rings. The molecule has 1 aromatic carbocycles. The summed E-state index contributed by atoms with van der Waals surface area (Å²) in [5.41, 5.74) is 4.53. The summed E-state index contributed by atoms with van der Waals surface area (Å²) in [5, 5.41) is -0.0497. The van der Waals surface area contributed by atoms with Gasteiger partial charge in [0.25, 0.3) is 10.0 Å². The van der Waals surface area contributed by atoms with Crippen LogP contribution in [0.3, 0.4) is 0 Å². The van der Waals surface area contributed by atoms with Crippen LogP contribution in [0.25, 0.3) is 11.3 Å². The second-order valence-electron chi connectivity index (χ2n) is 8.41. The first-order chi connectivity index (χ1) is 15.4. The molecule has 2 unspecified atom stereocenters. The Morgan fingerprint density at radius 2 is 1.94 bits per heavy atom. The molecule has 8 nitrogen and oxygen atoms in total. The number of ether oxygens (including phenoxy) is 1. The topological polar surface area (TPSA) is 97.3 Å². The molecule has 32 heavy (non-hydrogen) atoms. The predicted octanol–water partition coefficient (Wildman–Crippen LogP) is 3.31. The lowest BCUT2D eigenvalue weighted by atomic mass is 10.00. The van der Waals surface area contributed by atoms with Crippen molar-refractivity contribution >= 4 is 16.0 Å². The molecule has 4 heterocycles. The minimum absolute atomic E-state index is 0.0285. The van der Waals surface area contributed by atoms with Crippen molar-refractivity contribution < 1.29 is 13.2 Å². The third kappa shape index (κ3) is 4.18. The van der Waals surface area contributed by atoms with Crippen molar-refractivity contribution in [3.05, 3.63) is 59.3 Å². The van der Waals surface area contributed by atoms with Crippen LogP contribution >= 0.6 is 0 Å². The second kappa shape index (κ2) is 8.14.